The van der Waals surface area contributed by atoms with Crippen LogP contribution in [0.1, 0.15) is 71.8 Å². The molecule has 3 aromatic carbocycles. The van der Waals surface area contributed by atoms with Crippen LogP contribution in [0.15, 0.2) is 54.7 Å². The SMILES string of the molecule is CC(=O)c1ccccc1C#Cc1c(-c2cccc3c(C)c[nH]c23)cc(C)c2c1[C@H](C)[C@@H](O)C(C)(C)N2. The third-order valence-corrected chi connectivity index (χ3v) is 7.52. The number of aromatic nitrogens is 1. The highest BCUT2D eigenvalue weighted by Crippen LogP contribution is 2.46. The smallest absolute Gasteiger partial charge is 0.161 e. The van der Waals surface area contributed by atoms with E-state index in [1.165, 1.54) is 10.9 Å². The number of carbonyl (C=O) groups is 1. The van der Waals surface area contributed by atoms with Crippen molar-refractivity contribution in [2.24, 2.45) is 0 Å². The third-order valence-electron chi connectivity index (χ3n) is 7.52. The molecule has 2 heterocycles. The summed E-state index contributed by atoms with van der Waals surface area (Å²) in [6.45, 7) is 11.9. The van der Waals surface area contributed by atoms with Crippen LogP contribution in [0, 0.1) is 25.7 Å². The van der Waals surface area contributed by atoms with Crippen LogP contribution in [0.2, 0.25) is 0 Å². The number of fused-ring (bicyclic) bond motifs is 2. The molecule has 0 saturated heterocycles. The van der Waals surface area contributed by atoms with Gasteiger partial charge >= 0.3 is 0 Å². The van der Waals surface area contributed by atoms with Gasteiger partial charge in [0, 0.05) is 51.0 Å². The number of H-pyrrole nitrogens is 1. The number of benzene rings is 3. The van der Waals surface area contributed by atoms with E-state index in [0.717, 1.165) is 39.0 Å². The molecule has 0 amide bonds. The molecule has 3 N–H and O–H groups in total. The van der Waals surface area contributed by atoms with Crippen LogP contribution in [0.5, 0.6) is 0 Å². The van der Waals surface area contributed by atoms with E-state index in [1.807, 2.05) is 44.3 Å². The van der Waals surface area contributed by atoms with Crippen LogP contribution in [0.4, 0.5) is 5.69 Å². The standard InChI is InChI=1S/C32H32N2O2/c1-18-16-27(26-13-9-12-23-19(2)17-33-30(23)26)25(15-14-22-10-7-8-11-24(22)21(4)35)28-20(3)31(36)32(5,6)34-29(18)28/h7-13,16-17,20,31,33-34,36H,1-6H3/t20-,31+/m0/s1. The maximum atomic E-state index is 12.2. The fourth-order valence-corrected chi connectivity index (χ4v) is 5.54. The predicted octanol–water partition coefficient (Wildman–Crippen LogP) is 6.72. The number of hydrogen-bond acceptors (Lipinski definition) is 3. The van der Waals surface area contributed by atoms with Crippen molar-refractivity contribution in [1.82, 2.24) is 4.98 Å². The highest BCUT2D eigenvalue weighted by molar-refractivity contribution is 5.99. The van der Waals surface area contributed by atoms with E-state index < -0.39 is 11.6 Å². The summed E-state index contributed by atoms with van der Waals surface area (Å²) in [5.41, 5.74) is 9.24. The van der Waals surface area contributed by atoms with Gasteiger partial charge in [-0.15, -0.1) is 0 Å². The first-order valence-corrected chi connectivity index (χ1v) is 12.4. The van der Waals surface area contributed by atoms with Gasteiger partial charge in [-0.3, -0.25) is 4.79 Å². The Morgan fingerprint density at radius 1 is 1.00 bits per heavy atom. The number of nitrogens with one attached hydrogen (secondary N) is 2. The minimum Gasteiger partial charge on any atom is -0.390 e. The second-order valence-electron chi connectivity index (χ2n) is 10.5. The van der Waals surface area contributed by atoms with E-state index in [1.54, 1.807) is 6.92 Å². The van der Waals surface area contributed by atoms with Gasteiger partial charge in [0.15, 0.2) is 5.78 Å². The summed E-state index contributed by atoms with van der Waals surface area (Å²) in [6, 6.07) is 16.0. The molecule has 1 aliphatic heterocycles. The molecule has 182 valence electrons. The van der Waals surface area contributed by atoms with Crippen LogP contribution in [-0.2, 0) is 0 Å². The number of Topliss-reactive ketones (excluding diaryl/α,β-unsaturated/α-hetero) is 1. The Hall–Kier alpha value is -3.81. The van der Waals surface area contributed by atoms with Crippen LogP contribution >= 0.6 is 0 Å². The van der Waals surface area contributed by atoms with Crippen molar-refractivity contribution in [3.05, 3.63) is 88.1 Å². The van der Waals surface area contributed by atoms with Gasteiger partial charge in [0.1, 0.15) is 0 Å². The molecule has 0 fully saturated rings. The van der Waals surface area contributed by atoms with Crippen LogP contribution in [-0.4, -0.2) is 27.5 Å². The number of aliphatic hydroxyl groups excluding tert-OH is 1. The van der Waals surface area contributed by atoms with Crippen LogP contribution < -0.4 is 5.32 Å². The van der Waals surface area contributed by atoms with E-state index in [4.69, 9.17) is 0 Å². The van der Waals surface area contributed by atoms with E-state index >= 15 is 0 Å². The van der Waals surface area contributed by atoms with Crippen molar-refractivity contribution in [2.75, 3.05) is 5.32 Å². The lowest BCUT2D eigenvalue weighted by atomic mass is 9.75. The van der Waals surface area contributed by atoms with Gasteiger partial charge < -0.3 is 15.4 Å². The second-order valence-corrected chi connectivity index (χ2v) is 10.5. The second kappa shape index (κ2) is 8.69. The van der Waals surface area contributed by atoms with Crippen molar-refractivity contribution < 1.29 is 9.90 Å². The lowest BCUT2D eigenvalue weighted by Gasteiger charge is -2.43. The molecule has 0 radical (unpaired) electrons. The number of aliphatic hydroxyl groups is 1. The molecule has 0 spiro atoms. The maximum absolute atomic E-state index is 12.2. The monoisotopic (exact) mass is 476 g/mol. The van der Waals surface area contributed by atoms with Gasteiger partial charge in [-0.2, -0.15) is 0 Å². The molecule has 2 atom stereocenters. The highest BCUT2D eigenvalue weighted by Gasteiger charge is 2.40. The van der Waals surface area contributed by atoms with E-state index in [0.29, 0.717) is 11.1 Å². The summed E-state index contributed by atoms with van der Waals surface area (Å²) in [5, 5.41) is 16.0. The van der Waals surface area contributed by atoms with Gasteiger partial charge in [0.25, 0.3) is 0 Å². The molecule has 0 bridgehead atoms. The topological polar surface area (TPSA) is 65.1 Å². The largest absolute Gasteiger partial charge is 0.390 e. The Morgan fingerprint density at radius 2 is 1.75 bits per heavy atom. The zero-order valence-electron chi connectivity index (χ0n) is 21.7. The quantitative estimate of drug-likeness (QED) is 0.222. The molecule has 0 unspecified atom stereocenters. The van der Waals surface area contributed by atoms with Crippen molar-refractivity contribution >= 4 is 22.4 Å². The van der Waals surface area contributed by atoms with E-state index in [-0.39, 0.29) is 11.7 Å². The van der Waals surface area contributed by atoms with Gasteiger partial charge in [0.05, 0.1) is 17.2 Å². The number of rotatable bonds is 2. The summed E-state index contributed by atoms with van der Waals surface area (Å²) in [5.74, 6) is 6.63. The van der Waals surface area contributed by atoms with Crippen molar-refractivity contribution in [1.29, 1.82) is 0 Å². The Balaban J connectivity index is 1.84. The van der Waals surface area contributed by atoms with Crippen molar-refractivity contribution in [3.8, 4) is 23.0 Å². The summed E-state index contributed by atoms with van der Waals surface area (Å²) >= 11 is 0. The summed E-state index contributed by atoms with van der Waals surface area (Å²) in [7, 11) is 0. The Kier molecular flexibility index (Phi) is 5.77. The fourth-order valence-electron chi connectivity index (χ4n) is 5.54. The van der Waals surface area contributed by atoms with Crippen LogP contribution in [0.3, 0.4) is 0 Å². The summed E-state index contributed by atoms with van der Waals surface area (Å²) in [4.78, 5) is 15.7. The number of aryl methyl sites for hydroxylation is 2. The third kappa shape index (κ3) is 3.81. The Morgan fingerprint density at radius 3 is 2.50 bits per heavy atom. The van der Waals surface area contributed by atoms with Gasteiger partial charge in [-0.25, -0.2) is 0 Å². The molecular weight excluding hydrogens is 444 g/mol. The number of ketones is 1. The molecule has 36 heavy (non-hydrogen) atoms. The minimum atomic E-state index is -0.590. The lowest BCUT2D eigenvalue weighted by molar-refractivity contribution is 0.0868. The molecule has 1 aliphatic rings. The van der Waals surface area contributed by atoms with Gasteiger partial charge in [-0.05, 0) is 63.4 Å². The predicted molar refractivity (Wildman–Crippen MR) is 148 cm³/mol. The first-order chi connectivity index (χ1) is 17.1. The number of anilines is 1. The maximum Gasteiger partial charge on any atom is 0.161 e. The molecule has 4 heteroatoms. The van der Waals surface area contributed by atoms with Gasteiger partial charge in [0.2, 0.25) is 0 Å². The molecule has 5 rings (SSSR count). The average Bonchev–Trinajstić information content (AvgIpc) is 3.23. The Bertz CT molecular complexity index is 1580. The summed E-state index contributed by atoms with van der Waals surface area (Å²) < 4.78 is 0. The Labute approximate surface area is 212 Å². The molecule has 0 saturated carbocycles. The van der Waals surface area contributed by atoms with Crippen LogP contribution in [0.25, 0.3) is 22.0 Å². The zero-order chi connectivity index (χ0) is 25.8. The van der Waals surface area contributed by atoms with E-state index in [2.05, 4.69) is 67.2 Å². The number of hydrogen-bond donors (Lipinski definition) is 3. The molecule has 4 aromatic rings. The number of aromatic amines is 1. The number of carbonyl (C=O) groups excluding carboxylic acids is 1. The number of para-hydroxylation sites is 1. The van der Waals surface area contributed by atoms with Crippen molar-refractivity contribution in [3.63, 3.8) is 0 Å². The van der Waals surface area contributed by atoms with Gasteiger partial charge in [-0.1, -0.05) is 55.2 Å². The molecular formula is C32H32N2O2. The molecule has 1 aromatic heterocycles. The van der Waals surface area contributed by atoms with Crippen molar-refractivity contribution in [2.45, 2.75) is 59.1 Å². The summed E-state index contributed by atoms with van der Waals surface area (Å²) in [6.07, 6.45) is 1.44. The zero-order valence-corrected chi connectivity index (χ0v) is 21.7. The lowest BCUT2D eigenvalue weighted by Crippen LogP contribution is -2.50. The first-order valence-electron chi connectivity index (χ1n) is 12.4. The average molecular weight is 477 g/mol. The first kappa shape index (κ1) is 23.9. The normalized spacial score (nSPS) is 18.2. The van der Waals surface area contributed by atoms with E-state index in [9.17, 15) is 9.90 Å². The fraction of sp³-hybridized carbons (Fsp3) is 0.281. The highest BCUT2D eigenvalue weighted by atomic mass is 16.3. The minimum absolute atomic E-state index is 0.00936. The molecule has 0 aliphatic carbocycles. The molecule has 4 nitrogen and oxygen atoms in total.